The Labute approximate surface area is 112 Å². The molecule has 0 heterocycles. The van der Waals surface area contributed by atoms with Crippen LogP contribution in [-0.2, 0) is 14.8 Å². The molecule has 0 spiro atoms. The van der Waals surface area contributed by atoms with Gasteiger partial charge in [-0.3, -0.25) is 0 Å². The number of ether oxygens (including phenoxy) is 1. The lowest BCUT2D eigenvalue weighted by Gasteiger charge is -2.24. The van der Waals surface area contributed by atoms with Crippen molar-refractivity contribution >= 4 is 15.7 Å². The number of benzene rings is 1. The van der Waals surface area contributed by atoms with E-state index in [2.05, 4.69) is 0 Å². The van der Waals surface area contributed by atoms with Crippen molar-refractivity contribution in [2.45, 2.75) is 4.90 Å². The van der Waals surface area contributed by atoms with Crippen LogP contribution in [0.2, 0.25) is 0 Å². The van der Waals surface area contributed by atoms with E-state index in [9.17, 15) is 12.8 Å². The van der Waals surface area contributed by atoms with Crippen LogP contribution in [0.25, 0.3) is 0 Å². The second kappa shape index (κ2) is 6.80. The number of hydrogen-bond donors (Lipinski definition) is 2. The summed E-state index contributed by atoms with van der Waals surface area (Å²) in [6.45, 7) is 1.66. The average Bonchev–Trinajstić information content (AvgIpc) is 2.33. The third kappa shape index (κ3) is 4.43. The molecule has 0 aliphatic rings. The molecular formula is C11H18FN3O3S. The van der Waals surface area contributed by atoms with Gasteiger partial charge in [0.25, 0.3) is 0 Å². The van der Waals surface area contributed by atoms with Gasteiger partial charge in [0.2, 0.25) is 10.0 Å². The van der Waals surface area contributed by atoms with Gasteiger partial charge in [-0.1, -0.05) is 0 Å². The summed E-state index contributed by atoms with van der Waals surface area (Å²) >= 11 is 0. The van der Waals surface area contributed by atoms with E-state index in [4.69, 9.17) is 15.6 Å². The van der Waals surface area contributed by atoms with Gasteiger partial charge in [-0.05, 0) is 18.2 Å². The zero-order valence-electron chi connectivity index (χ0n) is 10.7. The maximum Gasteiger partial charge on any atom is 0.238 e. The van der Waals surface area contributed by atoms with Crippen molar-refractivity contribution in [3.63, 3.8) is 0 Å². The Hall–Kier alpha value is -1.22. The van der Waals surface area contributed by atoms with Gasteiger partial charge in [-0.2, -0.15) is 0 Å². The predicted molar refractivity (Wildman–Crippen MR) is 70.9 cm³/mol. The first-order chi connectivity index (χ1) is 8.90. The summed E-state index contributed by atoms with van der Waals surface area (Å²) in [6, 6.07) is 3.55. The van der Waals surface area contributed by atoms with E-state index in [-0.39, 0.29) is 10.6 Å². The Balaban J connectivity index is 3.04. The standard InChI is InChI=1S/C11H18FN3O3S/c1-18-7-6-15(5-4-13)11-3-2-9(8-10(11)12)19(14,16)17/h2-3,8H,4-7,13H2,1H3,(H2,14,16,17). The molecule has 0 aromatic heterocycles. The number of primary sulfonamides is 1. The third-order valence-electron chi connectivity index (χ3n) is 2.55. The van der Waals surface area contributed by atoms with Crippen molar-refractivity contribution in [3.05, 3.63) is 24.0 Å². The van der Waals surface area contributed by atoms with Gasteiger partial charge in [-0.15, -0.1) is 0 Å². The second-order valence-corrected chi connectivity index (χ2v) is 5.49. The highest BCUT2D eigenvalue weighted by Crippen LogP contribution is 2.21. The molecule has 0 unspecified atom stereocenters. The van der Waals surface area contributed by atoms with Crippen LogP contribution >= 0.6 is 0 Å². The van der Waals surface area contributed by atoms with Crippen molar-refractivity contribution in [1.29, 1.82) is 0 Å². The van der Waals surface area contributed by atoms with Crippen molar-refractivity contribution in [2.75, 3.05) is 38.3 Å². The van der Waals surface area contributed by atoms with Crippen LogP contribution in [-0.4, -0.2) is 41.8 Å². The highest BCUT2D eigenvalue weighted by molar-refractivity contribution is 7.89. The molecule has 4 N–H and O–H groups in total. The Bertz CT molecular complexity index is 522. The van der Waals surface area contributed by atoms with Gasteiger partial charge in [0.15, 0.2) is 0 Å². The van der Waals surface area contributed by atoms with E-state index in [1.807, 2.05) is 0 Å². The molecule has 0 aliphatic carbocycles. The number of anilines is 1. The van der Waals surface area contributed by atoms with Crippen LogP contribution in [0.3, 0.4) is 0 Å². The molecule has 1 rings (SSSR count). The topological polar surface area (TPSA) is 98.7 Å². The van der Waals surface area contributed by atoms with Gasteiger partial charge >= 0.3 is 0 Å². The monoisotopic (exact) mass is 291 g/mol. The molecule has 0 atom stereocenters. The van der Waals surface area contributed by atoms with Crippen molar-refractivity contribution in [1.82, 2.24) is 0 Å². The minimum absolute atomic E-state index is 0.256. The lowest BCUT2D eigenvalue weighted by atomic mass is 10.2. The van der Waals surface area contributed by atoms with E-state index in [1.54, 1.807) is 12.0 Å². The SMILES string of the molecule is COCCN(CCN)c1ccc(S(N)(=O)=O)cc1F. The molecule has 8 heteroatoms. The van der Waals surface area contributed by atoms with E-state index in [1.165, 1.54) is 12.1 Å². The van der Waals surface area contributed by atoms with Crippen molar-refractivity contribution in [3.8, 4) is 0 Å². The molecule has 0 saturated carbocycles. The van der Waals surface area contributed by atoms with Crippen LogP contribution < -0.4 is 15.8 Å². The van der Waals surface area contributed by atoms with Crippen LogP contribution in [0.1, 0.15) is 0 Å². The van der Waals surface area contributed by atoms with Gasteiger partial charge in [0.1, 0.15) is 5.82 Å². The first kappa shape index (κ1) is 15.8. The summed E-state index contributed by atoms with van der Waals surface area (Å²) < 4.78 is 41.1. The molecule has 0 saturated heterocycles. The van der Waals surface area contributed by atoms with Gasteiger partial charge in [-0.25, -0.2) is 17.9 Å². The number of methoxy groups -OCH3 is 1. The number of rotatable bonds is 7. The average molecular weight is 291 g/mol. The fraction of sp³-hybridized carbons (Fsp3) is 0.455. The lowest BCUT2D eigenvalue weighted by Crippen LogP contribution is -2.33. The highest BCUT2D eigenvalue weighted by atomic mass is 32.2. The van der Waals surface area contributed by atoms with Crippen LogP contribution in [0.4, 0.5) is 10.1 Å². The van der Waals surface area contributed by atoms with Crippen molar-refractivity contribution in [2.24, 2.45) is 10.9 Å². The van der Waals surface area contributed by atoms with Crippen LogP contribution in [0.5, 0.6) is 0 Å². The van der Waals surface area contributed by atoms with Crippen LogP contribution in [0.15, 0.2) is 23.1 Å². The quantitative estimate of drug-likeness (QED) is 0.730. The maximum absolute atomic E-state index is 13.9. The molecule has 0 radical (unpaired) electrons. The fourth-order valence-corrected chi connectivity index (χ4v) is 2.16. The minimum Gasteiger partial charge on any atom is -0.383 e. The molecule has 108 valence electrons. The molecule has 0 amide bonds. The summed E-state index contributed by atoms with van der Waals surface area (Å²) in [5, 5.41) is 4.94. The van der Waals surface area contributed by atoms with E-state index >= 15 is 0 Å². The molecule has 1 aromatic carbocycles. The zero-order valence-corrected chi connectivity index (χ0v) is 11.5. The Morgan fingerprint density at radius 3 is 2.53 bits per heavy atom. The van der Waals surface area contributed by atoms with E-state index < -0.39 is 15.8 Å². The van der Waals surface area contributed by atoms with Crippen molar-refractivity contribution < 1.29 is 17.5 Å². The Morgan fingerprint density at radius 1 is 1.37 bits per heavy atom. The minimum atomic E-state index is -3.90. The Morgan fingerprint density at radius 2 is 2.05 bits per heavy atom. The predicted octanol–water partition coefficient (Wildman–Crippen LogP) is -0.115. The molecule has 0 aliphatic heterocycles. The van der Waals surface area contributed by atoms with Gasteiger partial charge < -0.3 is 15.4 Å². The number of halogens is 1. The second-order valence-electron chi connectivity index (χ2n) is 3.93. The maximum atomic E-state index is 13.9. The van der Waals surface area contributed by atoms with E-state index in [0.717, 1.165) is 6.07 Å². The summed E-state index contributed by atoms with van der Waals surface area (Å²) in [5.74, 6) is -0.656. The number of sulfonamides is 1. The smallest absolute Gasteiger partial charge is 0.238 e. The molecular weight excluding hydrogens is 273 g/mol. The first-order valence-electron chi connectivity index (χ1n) is 5.66. The number of nitrogens with two attached hydrogens (primary N) is 2. The molecule has 0 bridgehead atoms. The summed E-state index contributed by atoms with van der Waals surface area (Å²) in [4.78, 5) is 1.43. The van der Waals surface area contributed by atoms with E-state index in [0.29, 0.717) is 26.2 Å². The molecule has 1 aromatic rings. The third-order valence-corrected chi connectivity index (χ3v) is 3.46. The zero-order chi connectivity index (χ0) is 14.5. The highest BCUT2D eigenvalue weighted by Gasteiger charge is 2.15. The lowest BCUT2D eigenvalue weighted by molar-refractivity contribution is 0.205. The summed E-state index contributed by atoms with van der Waals surface area (Å²) in [7, 11) is -2.36. The van der Waals surface area contributed by atoms with Gasteiger partial charge in [0.05, 0.1) is 17.2 Å². The van der Waals surface area contributed by atoms with Crippen LogP contribution in [0, 0.1) is 5.82 Å². The largest absolute Gasteiger partial charge is 0.383 e. The molecule has 6 nitrogen and oxygen atoms in total. The summed E-state index contributed by atoms with van der Waals surface area (Å²) in [6.07, 6.45) is 0. The number of nitrogens with zero attached hydrogens (tertiary/aromatic N) is 1. The molecule has 19 heavy (non-hydrogen) atoms. The number of hydrogen-bond acceptors (Lipinski definition) is 5. The normalized spacial score (nSPS) is 11.6. The fourth-order valence-electron chi connectivity index (χ4n) is 1.63. The Kier molecular flexibility index (Phi) is 5.67. The van der Waals surface area contributed by atoms with Gasteiger partial charge in [0, 0.05) is 26.7 Å². The summed E-state index contributed by atoms with van der Waals surface area (Å²) in [5.41, 5.74) is 5.74. The first-order valence-corrected chi connectivity index (χ1v) is 7.21. The molecule has 0 fully saturated rings.